The quantitative estimate of drug-likeness (QED) is 0.107. The molecule has 9 nitrogen and oxygen atoms in total. The number of carbonyl (C=O) groups is 2. The molecule has 0 saturated heterocycles. The Kier molecular flexibility index (Phi) is 9.95. The van der Waals surface area contributed by atoms with Crippen LogP contribution in [-0.4, -0.2) is 29.2 Å². The third kappa shape index (κ3) is 9.02. The van der Waals surface area contributed by atoms with Gasteiger partial charge in [0.15, 0.2) is 0 Å². The van der Waals surface area contributed by atoms with E-state index in [2.05, 4.69) is 21.1 Å². The molecule has 0 aliphatic carbocycles. The molecule has 0 aliphatic rings. The van der Waals surface area contributed by atoms with Gasteiger partial charge in [-0.2, -0.15) is 10.2 Å². The topological polar surface area (TPSA) is 126 Å². The number of nitro benzene ring substituents is 1. The average Bonchev–Trinajstić information content (AvgIpc) is 2.92. The first-order valence-electron chi connectivity index (χ1n) is 11.1. The minimum Gasteiger partial charge on any atom is -0.267 e. The lowest BCUT2D eigenvalue weighted by Gasteiger charge is -2.05. The molecule has 0 bridgehead atoms. The number of nitrogens with one attached hydrogen (secondary N) is 2. The van der Waals surface area contributed by atoms with Crippen molar-refractivity contribution >= 4 is 48.2 Å². The van der Waals surface area contributed by atoms with Crippen molar-refractivity contribution in [1.29, 1.82) is 0 Å². The minimum absolute atomic E-state index is 0.114. The maximum absolute atomic E-state index is 12.7. The number of amides is 2. The Bertz CT molecular complexity index is 1290. The largest absolute Gasteiger partial charge is 0.277 e. The van der Waals surface area contributed by atoms with E-state index in [0.29, 0.717) is 5.56 Å². The van der Waals surface area contributed by atoms with Gasteiger partial charge in [-0.05, 0) is 47.1 Å². The normalized spacial score (nSPS) is 11.2. The fraction of sp³-hybridized carbons (Fsp3) is 0. The molecule has 3 aromatic rings. The fourth-order valence-corrected chi connectivity index (χ4v) is 2.93. The molecule has 3 rings (SSSR count). The van der Waals surface area contributed by atoms with Gasteiger partial charge in [0.2, 0.25) is 0 Å². The second-order valence-electron chi connectivity index (χ2n) is 7.38. The summed E-state index contributed by atoms with van der Waals surface area (Å²) in [4.78, 5) is 35.8. The molecule has 0 aromatic heterocycles. The highest BCUT2D eigenvalue weighted by molar-refractivity contribution is 6.21. The van der Waals surface area contributed by atoms with Gasteiger partial charge in [0.25, 0.3) is 17.5 Å². The van der Waals surface area contributed by atoms with Crippen molar-refractivity contribution in [3.05, 3.63) is 129 Å². The van der Waals surface area contributed by atoms with Gasteiger partial charge in [-0.15, -0.1) is 0 Å². The lowest BCUT2D eigenvalue weighted by molar-refractivity contribution is -0.384. The van der Waals surface area contributed by atoms with Crippen molar-refractivity contribution in [3.63, 3.8) is 0 Å². The van der Waals surface area contributed by atoms with Crippen LogP contribution >= 0.6 is 0 Å². The van der Waals surface area contributed by atoms with E-state index in [0.717, 1.165) is 11.1 Å². The maximum atomic E-state index is 12.7. The number of benzene rings is 3. The average molecular weight is 494 g/mol. The Morgan fingerprint density at radius 1 is 0.676 bits per heavy atom. The molecule has 0 radical (unpaired) electrons. The third-order valence-electron chi connectivity index (χ3n) is 4.73. The number of hydrogen-bond donors (Lipinski definition) is 2. The Balaban J connectivity index is 1.70. The highest BCUT2D eigenvalue weighted by atomic mass is 16.6. The van der Waals surface area contributed by atoms with Gasteiger partial charge in [-0.3, -0.25) is 19.7 Å². The summed E-state index contributed by atoms with van der Waals surface area (Å²) in [7, 11) is 0. The lowest BCUT2D eigenvalue weighted by atomic mass is 10.1. The van der Waals surface area contributed by atoms with Crippen LogP contribution in [0.3, 0.4) is 0 Å². The van der Waals surface area contributed by atoms with Gasteiger partial charge < -0.3 is 0 Å². The summed E-state index contributed by atoms with van der Waals surface area (Å²) in [5.74, 6) is -1.56. The van der Waals surface area contributed by atoms with Crippen molar-refractivity contribution in [2.75, 3.05) is 0 Å². The SMILES string of the molecule is O=C(N/N=C\C=C\c1ccccc1)C(=Cc1ccc([N+](=O)[O-])cc1)C(=O)N/N=C\C=C\c1ccccc1. The van der Waals surface area contributed by atoms with Crippen LogP contribution in [0.1, 0.15) is 16.7 Å². The van der Waals surface area contributed by atoms with Crippen LogP contribution in [0.5, 0.6) is 0 Å². The van der Waals surface area contributed by atoms with E-state index in [1.807, 2.05) is 60.7 Å². The number of rotatable bonds is 10. The fourth-order valence-electron chi connectivity index (χ4n) is 2.93. The summed E-state index contributed by atoms with van der Waals surface area (Å²) in [6.07, 6.45) is 10.9. The predicted octanol–water partition coefficient (Wildman–Crippen LogP) is 4.61. The number of allylic oxidation sites excluding steroid dienone is 2. The van der Waals surface area contributed by atoms with Crippen LogP contribution in [0.4, 0.5) is 5.69 Å². The highest BCUT2D eigenvalue weighted by Gasteiger charge is 2.18. The molecular weight excluding hydrogens is 470 g/mol. The molecule has 0 spiro atoms. The molecule has 0 unspecified atom stereocenters. The molecule has 2 N–H and O–H groups in total. The molecule has 3 aromatic carbocycles. The van der Waals surface area contributed by atoms with Gasteiger partial charge in [0.05, 0.1) is 4.92 Å². The highest BCUT2D eigenvalue weighted by Crippen LogP contribution is 2.15. The van der Waals surface area contributed by atoms with E-state index in [1.165, 1.54) is 42.8 Å². The number of nitrogens with zero attached hydrogens (tertiary/aromatic N) is 3. The predicted molar refractivity (Wildman–Crippen MR) is 145 cm³/mol. The Morgan fingerprint density at radius 2 is 1.14 bits per heavy atom. The molecule has 0 fully saturated rings. The summed E-state index contributed by atoms with van der Waals surface area (Å²) >= 11 is 0. The van der Waals surface area contributed by atoms with Gasteiger partial charge in [-0.25, -0.2) is 10.9 Å². The maximum Gasteiger partial charge on any atom is 0.277 e. The molecule has 37 heavy (non-hydrogen) atoms. The van der Waals surface area contributed by atoms with E-state index in [4.69, 9.17) is 0 Å². The number of non-ortho nitro benzene ring substituents is 1. The zero-order chi connectivity index (χ0) is 26.3. The molecule has 0 atom stereocenters. The Labute approximate surface area is 213 Å². The van der Waals surface area contributed by atoms with Crippen molar-refractivity contribution in [2.45, 2.75) is 0 Å². The summed E-state index contributed by atoms with van der Waals surface area (Å²) < 4.78 is 0. The molecule has 0 heterocycles. The number of hydrazone groups is 2. The van der Waals surface area contributed by atoms with Crippen LogP contribution in [0.2, 0.25) is 0 Å². The van der Waals surface area contributed by atoms with E-state index < -0.39 is 16.7 Å². The minimum atomic E-state index is -0.782. The summed E-state index contributed by atoms with van der Waals surface area (Å²) in [6, 6.07) is 24.4. The van der Waals surface area contributed by atoms with Crippen LogP contribution in [0.15, 0.2) is 113 Å². The second-order valence-corrected chi connectivity index (χ2v) is 7.38. The molecule has 0 saturated carbocycles. The van der Waals surface area contributed by atoms with E-state index in [9.17, 15) is 19.7 Å². The van der Waals surface area contributed by atoms with Gasteiger partial charge in [0.1, 0.15) is 5.57 Å². The Morgan fingerprint density at radius 3 is 1.57 bits per heavy atom. The zero-order valence-corrected chi connectivity index (χ0v) is 19.6. The summed E-state index contributed by atoms with van der Waals surface area (Å²) in [5.41, 5.74) is 6.52. The van der Waals surface area contributed by atoms with E-state index in [-0.39, 0.29) is 11.3 Å². The smallest absolute Gasteiger partial charge is 0.267 e. The first-order chi connectivity index (χ1) is 18.0. The molecule has 0 aliphatic heterocycles. The molecule has 9 heteroatoms. The second kappa shape index (κ2) is 14.1. The zero-order valence-electron chi connectivity index (χ0n) is 19.6. The Hall–Kier alpha value is -5.44. The lowest BCUT2D eigenvalue weighted by Crippen LogP contribution is -2.30. The summed E-state index contributed by atoms with van der Waals surface area (Å²) in [6.45, 7) is 0. The van der Waals surface area contributed by atoms with Crippen molar-refractivity contribution in [2.24, 2.45) is 10.2 Å². The number of hydrogen-bond acceptors (Lipinski definition) is 6. The van der Waals surface area contributed by atoms with E-state index in [1.54, 1.807) is 24.3 Å². The third-order valence-corrected chi connectivity index (χ3v) is 4.73. The van der Waals surface area contributed by atoms with Gasteiger partial charge >= 0.3 is 0 Å². The first-order valence-corrected chi connectivity index (χ1v) is 11.1. The number of nitro groups is 1. The van der Waals surface area contributed by atoms with Crippen LogP contribution in [0.25, 0.3) is 18.2 Å². The van der Waals surface area contributed by atoms with E-state index >= 15 is 0 Å². The van der Waals surface area contributed by atoms with Crippen LogP contribution < -0.4 is 10.9 Å². The van der Waals surface area contributed by atoms with Crippen LogP contribution in [0, 0.1) is 10.1 Å². The molecule has 184 valence electrons. The van der Waals surface area contributed by atoms with Crippen molar-refractivity contribution in [1.82, 2.24) is 10.9 Å². The molecular formula is C28H23N5O4. The van der Waals surface area contributed by atoms with Gasteiger partial charge in [0, 0.05) is 24.6 Å². The van der Waals surface area contributed by atoms with Crippen molar-refractivity contribution < 1.29 is 14.5 Å². The summed E-state index contributed by atoms with van der Waals surface area (Å²) in [5, 5.41) is 18.6. The van der Waals surface area contributed by atoms with Gasteiger partial charge in [-0.1, -0.05) is 72.8 Å². The standard InChI is InChI=1S/C28H23N5O4/c34-27(31-29-19-7-13-22-9-3-1-4-10-22)26(21-24-15-17-25(18-16-24)33(36)37)28(35)32-30-20-8-14-23-11-5-2-6-12-23/h1-21H,(H,31,34)(H,32,35)/b13-7+,14-8+,29-19-,30-20-. The van der Waals surface area contributed by atoms with Crippen molar-refractivity contribution in [3.8, 4) is 0 Å². The monoisotopic (exact) mass is 493 g/mol. The number of carbonyl (C=O) groups excluding carboxylic acids is 2. The van der Waals surface area contributed by atoms with Crippen LogP contribution in [-0.2, 0) is 9.59 Å². The molecule has 2 amide bonds. The first kappa shape index (κ1) is 26.2.